The highest BCUT2D eigenvalue weighted by Gasteiger charge is 2.29. The predicted octanol–water partition coefficient (Wildman–Crippen LogP) is 3.89. The maximum Gasteiger partial charge on any atom is 0.310 e. The fourth-order valence-electron chi connectivity index (χ4n) is 3.98. The highest BCUT2D eigenvalue weighted by molar-refractivity contribution is 7.99. The smallest absolute Gasteiger partial charge is 0.310 e. The first-order chi connectivity index (χ1) is 16.2. The summed E-state index contributed by atoms with van der Waals surface area (Å²) in [5.74, 6) is 0.577. The highest BCUT2D eigenvalue weighted by atomic mass is 32.2. The molecule has 0 saturated carbocycles. The number of hydrogen-bond acceptors (Lipinski definition) is 6. The molecular weight excluding hydrogens is 436 g/mol. The van der Waals surface area contributed by atoms with Crippen LogP contribution >= 0.6 is 11.8 Å². The molecule has 1 aromatic heterocycles. The predicted molar refractivity (Wildman–Crippen MR) is 128 cm³/mol. The Hall–Kier alpha value is -3.13. The van der Waals surface area contributed by atoms with Gasteiger partial charge in [-0.25, -0.2) is 0 Å². The molecule has 1 saturated heterocycles. The van der Waals surface area contributed by atoms with Gasteiger partial charge in [0.15, 0.2) is 11.0 Å². The second-order valence-corrected chi connectivity index (χ2v) is 8.91. The van der Waals surface area contributed by atoms with Crippen molar-refractivity contribution < 1.29 is 14.3 Å². The molecule has 2 heterocycles. The van der Waals surface area contributed by atoms with Gasteiger partial charge in [0.1, 0.15) is 0 Å². The zero-order valence-electron chi connectivity index (χ0n) is 18.7. The van der Waals surface area contributed by atoms with Crippen molar-refractivity contribution in [3.8, 4) is 11.4 Å². The van der Waals surface area contributed by atoms with E-state index in [0.29, 0.717) is 31.4 Å². The molecule has 1 atom stereocenters. The van der Waals surface area contributed by atoms with E-state index in [9.17, 15) is 9.59 Å². The normalized spacial score (nSPS) is 15.9. The van der Waals surface area contributed by atoms with Crippen LogP contribution in [-0.4, -0.2) is 57.0 Å². The number of esters is 1. The molecule has 8 heteroatoms. The van der Waals surface area contributed by atoms with Crippen molar-refractivity contribution in [1.29, 1.82) is 0 Å². The van der Waals surface area contributed by atoms with E-state index in [-0.39, 0.29) is 23.5 Å². The van der Waals surface area contributed by atoms with Crippen LogP contribution in [0.15, 0.2) is 65.8 Å². The molecule has 0 N–H and O–H groups in total. The molecule has 0 aliphatic carbocycles. The molecule has 33 heavy (non-hydrogen) atoms. The van der Waals surface area contributed by atoms with Crippen LogP contribution in [-0.2, 0) is 20.9 Å². The van der Waals surface area contributed by atoms with Crippen molar-refractivity contribution in [2.45, 2.75) is 31.5 Å². The van der Waals surface area contributed by atoms with Crippen LogP contribution in [0.3, 0.4) is 0 Å². The molecule has 1 aliphatic heterocycles. The lowest BCUT2D eigenvalue weighted by atomic mass is 9.98. The van der Waals surface area contributed by atoms with E-state index in [0.717, 1.165) is 29.8 Å². The van der Waals surface area contributed by atoms with Gasteiger partial charge in [0, 0.05) is 18.7 Å². The number of ether oxygens (including phenoxy) is 1. The van der Waals surface area contributed by atoms with Crippen molar-refractivity contribution in [3.05, 3.63) is 66.2 Å². The number of rotatable bonds is 8. The molecule has 0 spiro atoms. The quantitative estimate of drug-likeness (QED) is 0.372. The van der Waals surface area contributed by atoms with Gasteiger partial charge in [0.2, 0.25) is 5.91 Å². The Balaban J connectivity index is 1.48. The third-order valence-corrected chi connectivity index (χ3v) is 6.60. The average molecular weight is 465 g/mol. The zero-order chi connectivity index (χ0) is 23.0. The van der Waals surface area contributed by atoms with E-state index in [2.05, 4.69) is 26.9 Å². The van der Waals surface area contributed by atoms with Gasteiger partial charge in [-0.3, -0.25) is 14.2 Å². The Labute approximate surface area is 198 Å². The number of amides is 1. The number of carbonyl (C=O) groups excluding carboxylic acids is 2. The first-order valence-corrected chi connectivity index (χ1v) is 12.2. The van der Waals surface area contributed by atoms with Crippen LogP contribution in [0.1, 0.15) is 25.3 Å². The second-order valence-electron chi connectivity index (χ2n) is 7.96. The van der Waals surface area contributed by atoms with Crippen molar-refractivity contribution in [1.82, 2.24) is 19.7 Å². The van der Waals surface area contributed by atoms with Gasteiger partial charge in [0.05, 0.1) is 24.8 Å². The fraction of sp³-hybridized carbons (Fsp3) is 0.360. The summed E-state index contributed by atoms with van der Waals surface area (Å²) in [5, 5.41) is 9.54. The largest absolute Gasteiger partial charge is 0.466 e. The number of nitrogens with zero attached hydrogens (tertiary/aromatic N) is 4. The molecule has 1 unspecified atom stereocenters. The molecular formula is C25H28N4O3S. The Bertz CT molecular complexity index is 1070. The van der Waals surface area contributed by atoms with Crippen LogP contribution in [0.5, 0.6) is 0 Å². The van der Waals surface area contributed by atoms with E-state index in [1.165, 1.54) is 11.8 Å². The first-order valence-electron chi connectivity index (χ1n) is 11.3. The Morgan fingerprint density at radius 3 is 2.52 bits per heavy atom. The summed E-state index contributed by atoms with van der Waals surface area (Å²) in [6.45, 7) is 3.87. The van der Waals surface area contributed by atoms with Crippen molar-refractivity contribution in [2.24, 2.45) is 5.92 Å². The number of thioether (sulfide) groups is 1. The minimum absolute atomic E-state index is 0.00419. The Kier molecular flexibility index (Phi) is 7.78. The molecule has 4 rings (SSSR count). The SMILES string of the molecule is CCOC(=O)C1CCCN(C(=O)CSc2nnc(-c3ccccc3)n2Cc2ccccc2)C1. The van der Waals surface area contributed by atoms with E-state index < -0.39 is 0 Å². The standard InChI is InChI=1S/C25H28N4O3S/c1-2-32-24(31)21-14-9-15-28(17-21)22(30)18-33-25-27-26-23(20-12-7-4-8-13-20)29(25)16-19-10-5-3-6-11-19/h3-8,10-13,21H,2,9,14-18H2,1H3. The van der Waals surface area contributed by atoms with Gasteiger partial charge in [0.25, 0.3) is 0 Å². The summed E-state index contributed by atoms with van der Waals surface area (Å²) >= 11 is 1.39. The van der Waals surface area contributed by atoms with Crippen molar-refractivity contribution in [3.63, 3.8) is 0 Å². The van der Waals surface area contributed by atoms with E-state index in [1.54, 1.807) is 11.8 Å². The summed E-state index contributed by atoms with van der Waals surface area (Å²) < 4.78 is 7.21. The average Bonchev–Trinajstić information content (AvgIpc) is 3.26. The van der Waals surface area contributed by atoms with Crippen LogP contribution in [0, 0.1) is 5.92 Å². The summed E-state index contributed by atoms with van der Waals surface area (Å²) in [5.41, 5.74) is 2.11. The van der Waals surface area contributed by atoms with Crippen LogP contribution in [0.2, 0.25) is 0 Å². The van der Waals surface area contributed by atoms with Crippen LogP contribution in [0.25, 0.3) is 11.4 Å². The highest BCUT2D eigenvalue weighted by Crippen LogP contribution is 2.26. The van der Waals surface area contributed by atoms with Gasteiger partial charge < -0.3 is 9.64 Å². The van der Waals surface area contributed by atoms with Crippen LogP contribution < -0.4 is 0 Å². The van der Waals surface area contributed by atoms with Gasteiger partial charge in [-0.2, -0.15) is 0 Å². The summed E-state index contributed by atoms with van der Waals surface area (Å²) in [6.07, 6.45) is 1.57. The van der Waals surface area contributed by atoms with Gasteiger partial charge in [-0.05, 0) is 25.3 Å². The first kappa shape index (κ1) is 23.0. The maximum absolute atomic E-state index is 12.9. The van der Waals surface area contributed by atoms with E-state index >= 15 is 0 Å². The number of benzene rings is 2. The summed E-state index contributed by atoms with van der Waals surface area (Å²) in [4.78, 5) is 26.8. The summed E-state index contributed by atoms with van der Waals surface area (Å²) in [6, 6.07) is 20.1. The molecule has 1 fully saturated rings. The Morgan fingerprint density at radius 1 is 1.06 bits per heavy atom. The summed E-state index contributed by atoms with van der Waals surface area (Å²) in [7, 11) is 0. The number of hydrogen-bond donors (Lipinski definition) is 0. The molecule has 0 bridgehead atoms. The minimum atomic E-state index is -0.237. The maximum atomic E-state index is 12.9. The molecule has 3 aromatic rings. The molecule has 7 nitrogen and oxygen atoms in total. The Morgan fingerprint density at radius 2 is 1.79 bits per heavy atom. The minimum Gasteiger partial charge on any atom is -0.466 e. The third kappa shape index (κ3) is 5.82. The zero-order valence-corrected chi connectivity index (χ0v) is 19.5. The lowest BCUT2D eigenvalue weighted by Gasteiger charge is -2.31. The number of aromatic nitrogens is 3. The molecule has 172 valence electrons. The van der Waals surface area contributed by atoms with Gasteiger partial charge >= 0.3 is 5.97 Å². The van der Waals surface area contributed by atoms with Crippen LogP contribution in [0.4, 0.5) is 0 Å². The van der Waals surface area contributed by atoms with Gasteiger partial charge in [-0.1, -0.05) is 72.4 Å². The monoisotopic (exact) mass is 464 g/mol. The van der Waals surface area contributed by atoms with E-state index in [4.69, 9.17) is 4.74 Å². The topological polar surface area (TPSA) is 77.3 Å². The molecule has 0 radical (unpaired) electrons. The lowest BCUT2D eigenvalue weighted by molar-refractivity contribution is -0.151. The number of likely N-dealkylation sites (tertiary alicyclic amines) is 1. The number of carbonyl (C=O) groups is 2. The lowest BCUT2D eigenvalue weighted by Crippen LogP contribution is -2.43. The second kappa shape index (κ2) is 11.1. The molecule has 2 aromatic carbocycles. The molecule has 1 aliphatic rings. The molecule has 1 amide bonds. The van der Waals surface area contributed by atoms with Crippen molar-refractivity contribution in [2.75, 3.05) is 25.4 Å². The van der Waals surface area contributed by atoms with Crippen molar-refractivity contribution >= 4 is 23.6 Å². The van der Waals surface area contributed by atoms with E-state index in [1.807, 2.05) is 48.5 Å². The third-order valence-electron chi connectivity index (χ3n) is 5.65. The van der Waals surface area contributed by atoms with Gasteiger partial charge in [-0.15, -0.1) is 10.2 Å². The number of piperidine rings is 1. The fourth-order valence-corrected chi connectivity index (χ4v) is 4.82.